The molecule has 1 aliphatic rings. The minimum absolute atomic E-state index is 0.200. The van der Waals surface area contributed by atoms with Crippen molar-refractivity contribution in [1.29, 1.82) is 0 Å². The fourth-order valence-electron chi connectivity index (χ4n) is 2.57. The second-order valence-electron chi connectivity index (χ2n) is 4.85. The highest BCUT2D eigenvalue weighted by atomic mass is 19.1. The van der Waals surface area contributed by atoms with Crippen LogP contribution in [0.5, 0.6) is 0 Å². The van der Waals surface area contributed by atoms with Crippen molar-refractivity contribution >= 4 is 0 Å². The molecule has 2 rings (SSSR count). The second-order valence-corrected chi connectivity index (χ2v) is 4.85. The summed E-state index contributed by atoms with van der Waals surface area (Å²) in [5, 5.41) is 3.23. The zero-order chi connectivity index (χ0) is 13.0. The summed E-state index contributed by atoms with van der Waals surface area (Å²) in [6.07, 6.45) is 2.78. The molecule has 2 unspecified atom stereocenters. The van der Waals surface area contributed by atoms with Gasteiger partial charge < -0.3 is 10.1 Å². The van der Waals surface area contributed by atoms with E-state index in [1.165, 1.54) is 12.1 Å². The molecule has 0 bridgehead atoms. The van der Waals surface area contributed by atoms with Gasteiger partial charge in [0.05, 0.1) is 6.61 Å². The molecule has 0 spiro atoms. The predicted octanol–water partition coefficient (Wildman–Crippen LogP) is 2.52. The van der Waals surface area contributed by atoms with Gasteiger partial charge in [0.2, 0.25) is 0 Å². The first kappa shape index (κ1) is 13.4. The Morgan fingerprint density at radius 1 is 1.33 bits per heavy atom. The van der Waals surface area contributed by atoms with E-state index in [4.69, 9.17) is 4.74 Å². The van der Waals surface area contributed by atoms with Crippen LogP contribution in [0.4, 0.5) is 8.78 Å². The molecule has 4 heteroatoms. The lowest BCUT2D eigenvalue weighted by molar-refractivity contribution is 0.0405. The van der Waals surface area contributed by atoms with E-state index < -0.39 is 11.6 Å². The van der Waals surface area contributed by atoms with Crippen molar-refractivity contribution in [3.8, 4) is 0 Å². The Hall–Kier alpha value is -1.00. The lowest BCUT2D eigenvalue weighted by atomic mass is 9.89. The Labute approximate surface area is 106 Å². The predicted molar refractivity (Wildman–Crippen MR) is 66.5 cm³/mol. The number of hydrogen-bond donors (Lipinski definition) is 1. The molecule has 2 nitrogen and oxygen atoms in total. The number of ether oxygens (including phenoxy) is 1. The zero-order valence-corrected chi connectivity index (χ0v) is 10.6. The van der Waals surface area contributed by atoms with Gasteiger partial charge in [-0.25, -0.2) is 8.78 Å². The van der Waals surface area contributed by atoms with Crippen LogP contribution < -0.4 is 5.32 Å². The number of rotatable bonds is 4. The van der Waals surface area contributed by atoms with E-state index >= 15 is 0 Å². The van der Waals surface area contributed by atoms with Gasteiger partial charge in [-0.15, -0.1) is 0 Å². The number of nitrogens with one attached hydrogen (secondary N) is 1. The number of likely N-dealkylation sites (N-methyl/N-ethyl adjacent to an activating group) is 1. The molecule has 1 saturated heterocycles. The Kier molecular flexibility index (Phi) is 4.66. The van der Waals surface area contributed by atoms with E-state index in [0.717, 1.165) is 32.1 Å². The molecule has 0 saturated carbocycles. The third-order valence-electron chi connectivity index (χ3n) is 3.51. The smallest absolute Gasteiger partial charge is 0.126 e. The first-order valence-corrected chi connectivity index (χ1v) is 6.39. The number of hydrogen-bond acceptors (Lipinski definition) is 2. The van der Waals surface area contributed by atoms with E-state index in [2.05, 4.69) is 5.32 Å². The van der Waals surface area contributed by atoms with Crippen molar-refractivity contribution in [2.45, 2.75) is 25.3 Å². The molecule has 1 aromatic carbocycles. The minimum atomic E-state index is -0.514. The van der Waals surface area contributed by atoms with E-state index in [1.54, 1.807) is 0 Å². The average Bonchev–Trinajstić information content (AvgIpc) is 2.36. The van der Waals surface area contributed by atoms with Gasteiger partial charge in [0.1, 0.15) is 11.6 Å². The van der Waals surface area contributed by atoms with Crippen LogP contribution in [0.3, 0.4) is 0 Å². The highest BCUT2D eigenvalue weighted by Crippen LogP contribution is 2.21. The molecule has 0 aliphatic carbocycles. The normalized spacial score (nSPS) is 21.8. The monoisotopic (exact) mass is 255 g/mol. The van der Waals surface area contributed by atoms with E-state index in [9.17, 15) is 8.78 Å². The Morgan fingerprint density at radius 2 is 2.06 bits per heavy atom. The van der Waals surface area contributed by atoms with Crippen molar-refractivity contribution < 1.29 is 13.5 Å². The van der Waals surface area contributed by atoms with Crippen LogP contribution in [0.15, 0.2) is 18.2 Å². The summed E-state index contributed by atoms with van der Waals surface area (Å²) in [6, 6.07) is 3.90. The van der Waals surface area contributed by atoms with Crippen molar-refractivity contribution in [2.24, 2.45) is 5.92 Å². The Balaban J connectivity index is 2.04. The quantitative estimate of drug-likeness (QED) is 0.892. The lowest BCUT2D eigenvalue weighted by Gasteiger charge is -2.30. The molecular weight excluding hydrogens is 236 g/mol. The SMILES string of the molecule is CNC(Cc1cc(F)cc(F)c1)C1CCCOC1. The number of benzene rings is 1. The van der Waals surface area contributed by atoms with Gasteiger partial charge in [0.15, 0.2) is 0 Å². The molecule has 0 aromatic heterocycles. The zero-order valence-electron chi connectivity index (χ0n) is 10.6. The van der Waals surface area contributed by atoms with Crippen LogP contribution in [-0.2, 0) is 11.2 Å². The molecule has 18 heavy (non-hydrogen) atoms. The average molecular weight is 255 g/mol. The highest BCUT2D eigenvalue weighted by Gasteiger charge is 2.23. The van der Waals surface area contributed by atoms with E-state index in [1.807, 2.05) is 7.05 Å². The molecule has 1 heterocycles. The van der Waals surface area contributed by atoms with Gasteiger partial charge in [0, 0.05) is 18.7 Å². The molecule has 1 aromatic rings. The van der Waals surface area contributed by atoms with Gasteiger partial charge in [-0.3, -0.25) is 0 Å². The van der Waals surface area contributed by atoms with Gasteiger partial charge in [-0.2, -0.15) is 0 Å². The maximum atomic E-state index is 13.1. The summed E-state index contributed by atoms with van der Waals surface area (Å²) in [5.74, 6) is -0.616. The molecule has 1 N–H and O–H groups in total. The second kappa shape index (κ2) is 6.25. The maximum absolute atomic E-state index is 13.1. The summed E-state index contributed by atoms with van der Waals surface area (Å²) in [7, 11) is 1.88. The van der Waals surface area contributed by atoms with Crippen LogP contribution in [0.2, 0.25) is 0 Å². The Bertz CT molecular complexity index is 371. The fraction of sp³-hybridized carbons (Fsp3) is 0.571. The molecule has 2 atom stereocenters. The minimum Gasteiger partial charge on any atom is -0.381 e. The maximum Gasteiger partial charge on any atom is 0.126 e. The first-order chi connectivity index (χ1) is 8.69. The molecular formula is C14H19F2NO. The fourth-order valence-corrected chi connectivity index (χ4v) is 2.57. The van der Waals surface area contributed by atoms with Crippen LogP contribution in [0.25, 0.3) is 0 Å². The van der Waals surface area contributed by atoms with Crippen LogP contribution in [-0.4, -0.2) is 26.3 Å². The highest BCUT2D eigenvalue weighted by molar-refractivity contribution is 5.19. The molecule has 100 valence electrons. The first-order valence-electron chi connectivity index (χ1n) is 6.39. The van der Waals surface area contributed by atoms with Crippen molar-refractivity contribution in [3.63, 3.8) is 0 Å². The summed E-state index contributed by atoms with van der Waals surface area (Å²) < 4.78 is 31.7. The molecule has 1 aliphatic heterocycles. The number of halogens is 2. The summed E-state index contributed by atoms with van der Waals surface area (Å²) >= 11 is 0. The molecule has 0 radical (unpaired) electrons. The lowest BCUT2D eigenvalue weighted by Crippen LogP contribution is -2.39. The summed E-state index contributed by atoms with van der Waals surface area (Å²) in [4.78, 5) is 0. The largest absolute Gasteiger partial charge is 0.381 e. The third kappa shape index (κ3) is 3.50. The molecule has 0 amide bonds. The topological polar surface area (TPSA) is 21.3 Å². The summed E-state index contributed by atoms with van der Waals surface area (Å²) in [6.45, 7) is 1.55. The van der Waals surface area contributed by atoms with Gasteiger partial charge in [0.25, 0.3) is 0 Å². The van der Waals surface area contributed by atoms with E-state index in [0.29, 0.717) is 17.9 Å². The third-order valence-corrected chi connectivity index (χ3v) is 3.51. The van der Waals surface area contributed by atoms with Gasteiger partial charge in [-0.1, -0.05) is 0 Å². The van der Waals surface area contributed by atoms with Crippen molar-refractivity contribution in [2.75, 3.05) is 20.3 Å². The van der Waals surface area contributed by atoms with Crippen molar-refractivity contribution in [1.82, 2.24) is 5.32 Å². The summed E-state index contributed by atoms with van der Waals surface area (Å²) in [5.41, 5.74) is 0.692. The van der Waals surface area contributed by atoms with Crippen LogP contribution in [0, 0.1) is 17.6 Å². The van der Waals surface area contributed by atoms with Crippen molar-refractivity contribution in [3.05, 3.63) is 35.4 Å². The van der Waals surface area contributed by atoms with Crippen LogP contribution >= 0.6 is 0 Å². The standard InChI is InChI=1S/C14H19F2NO/c1-17-14(11-3-2-4-18-9-11)7-10-5-12(15)8-13(16)6-10/h5-6,8,11,14,17H,2-4,7,9H2,1H3. The Morgan fingerprint density at radius 3 is 2.61 bits per heavy atom. The molecule has 1 fully saturated rings. The van der Waals surface area contributed by atoms with Gasteiger partial charge in [-0.05, 0) is 49.9 Å². The van der Waals surface area contributed by atoms with Gasteiger partial charge >= 0.3 is 0 Å². The van der Waals surface area contributed by atoms with Crippen LogP contribution in [0.1, 0.15) is 18.4 Å². The van der Waals surface area contributed by atoms with E-state index in [-0.39, 0.29) is 6.04 Å².